The lowest BCUT2D eigenvalue weighted by Crippen LogP contribution is -2.02. The number of hydrogen-bond acceptors (Lipinski definition) is 6. The molecule has 0 saturated carbocycles. The zero-order valence-electron chi connectivity index (χ0n) is 11.6. The van der Waals surface area contributed by atoms with Gasteiger partial charge in [-0.05, 0) is 25.5 Å². The summed E-state index contributed by atoms with van der Waals surface area (Å²) >= 11 is 13.6. The van der Waals surface area contributed by atoms with Gasteiger partial charge in [-0.2, -0.15) is 0 Å². The Morgan fingerprint density at radius 3 is 2.73 bits per heavy atom. The lowest BCUT2D eigenvalue weighted by atomic mass is 10.1. The molecule has 0 spiro atoms. The van der Waals surface area contributed by atoms with Crippen LogP contribution < -0.4 is 10.4 Å². The lowest BCUT2D eigenvalue weighted by Gasteiger charge is -2.09. The smallest absolute Gasteiger partial charge is 0.355 e. The minimum absolute atomic E-state index is 0.0570. The summed E-state index contributed by atoms with van der Waals surface area (Å²) in [6.45, 7) is 3.85. The molecule has 0 atom stereocenters. The standard InChI is InChI=1S/C14H10Cl2N2O3S/c1-6-8-3-9(15)11(4-10(8)21-14(19)13(6)16)20-5-12-18-17-7(2)22-12/h3-4H,5H2,1-2H3. The highest BCUT2D eigenvalue weighted by Crippen LogP contribution is 2.33. The third-order valence-electron chi connectivity index (χ3n) is 3.07. The third kappa shape index (κ3) is 2.82. The van der Waals surface area contributed by atoms with Crippen molar-refractivity contribution in [1.29, 1.82) is 0 Å². The van der Waals surface area contributed by atoms with Gasteiger partial charge >= 0.3 is 5.63 Å². The Kier molecular flexibility index (Phi) is 4.08. The van der Waals surface area contributed by atoms with Crippen LogP contribution in [0, 0.1) is 13.8 Å². The topological polar surface area (TPSA) is 65.2 Å². The largest absolute Gasteiger partial charge is 0.485 e. The summed E-state index contributed by atoms with van der Waals surface area (Å²) in [5.74, 6) is 0.409. The maximum absolute atomic E-state index is 11.6. The van der Waals surface area contributed by atoms with E-state index in [1.807, 2.05) is 6.92 Å². The van der Waals surface area contributed by atoms with Gasteiger partial charge in [0, 0.05) is 11.5 Å². The molecule has 0 amide bonds. The molecular formula is C14H10Cl2N2O3S. The molecular weight excluding hydrogens is 347 g/mol. The van der Waals surface area contributed by atoms with E-state index in [1.165, 1.54) is 11.3 Å². The van der Waals surface area contributed by atoms with Crippen LogP contribution in [0.4, 0.5) is 0 Å². The highest BCUT2D eigenvalue weighted by atomic mass is 35.5. The first-order chi connectivity index (χ1) is 10.5. The summed E-state index contributed by atoms with van der Waals surface area (Å²) in [6.07, 6.45) is 0. The van der Waals surface area contributed by atoms with Gasteiger partial charge < -0.3 is 9.15 Å². The second-order valence-electron chi connectivity index (χ2n) is 4.61. The summed E-state index contributed by atoms with van der Waals surface area (Å²) in [5.41, 5.74) is 0.417. The second-order valence-corrected chi connectivity index (χ2v) is 6.66. The first-order valence-electron chi connectivity index (χ1n) is 6.30. The van der Waals surface area contributed by atoms with Gasteiger partial charge in [0.25, 0.3) is 0 Å². The van der Waals surface area contributed by atoms with E-state index >= 15 is 0 Å². The first kappa shape index (κ1) is 15.3. The Balaban J connectivity index is 1.98. The molecule has 8 heteroatoms. The Hall–Kier alpha value is -1.63. The lowest BCUT2D eigenvalue weighted by molar-refractivity contribution is 0.304. The molecule has 5 nitrogen and oxygen atoms in total. The predicted octanol–water partition coefficient (Wildman–Crippen LogP) is 4.15. The molecule has 0 aliphatic carbocycles. The Labute approximate surface area is 139 Å². The first-order valence-corrected chi connectivity index (χ1v) is 7.87. The number of aromatic nitrogens is 2. The molecule has 1 aromatic carbocycles. The van der Waals surface area contributed by atoms with Gasteiger partial charge in [-0.25, -0.2) is 4.79 Å². The van der Waals surface area contributed by atoms with Gasteiger partial charge in [-0.3, -0.25) is 0 Å². The summed E-state index contributed by atoms with van der Waals surface area (Å²) in [7, 11) is 0. The van der Waals surface area contributed by atoms with Crippen molar-refractivity contribution in [2.75, 3.05) is 0 Å². The van der Waals surface area contributed by atoms with Crippen LogP contribution in [0.1, 0.15) is 15.6 Å². The fourth-order valence-corrected chi connectivity index (χ4v) is 2.95. The van der Waals surface area contributed by atoms with Gasteiger partial charge in [0.15, 0.2) is 5.01 Å². The molecule has 3 aromatic rings. The van der Waals surface area contributed by atoms with Crippen molar-refractivity contribution in [3.05, 3.63) is 48.2 Å². The van der Waals surface area contributed by atoms with E-state index in [2.05, 4.69) is 10.2 Å². The minimum atomic E-state index is -0.584. The van der Waals surface area contributed by atoms with Crippen molar-refractivity contribution in [2.45, 2.75) is 20.5 Å². The van der Waals surface area contributed by atoms with E-state index in [9.17, 15) is 4.79 Å². The molecule has 2 aromatic heterocycles. The van der Waals surface area contributed by atoms with Crippen LogP contribution in [-0.4, -0.2) is 10.2 Å². The number of hydrogen-bond donors (Lipinski definition) is 0. The molecule has 114 valence electrons. The molecule has 0 saturated heterocycles. The maximum Gasteiger partial charge on any atom is 0.355 e. The Morgan fingerprint density at radius 1 is 1.27 bits per heavy atom. The number of rotatable bonds is 3. The van der Waals surface area contributed by atoms with Crippen molar-refractivity contribution in [3.8, 4) is 5.75 Å². The van der Waals surface area contributed by atoms with E-state index in [0.717, 1.165) is 10.0 Å². The number of halogens is 2. The van der Waals surface area contributed by atoms with Crippen LogP contribution in [0.3, 0.4) is 0 Å². The average Bonchev–Trinajstić information content (AvgIpc) is 2.90. The Bertz CT molecular complexity index is 920. The van der Waals surface area contributed by atoms with Crippen molar-refractivity contribution in [2.24, 2.45) is 0 Å². The van der Waals surface area contributed by atoms with Crippen LogP contribution in [-0.2, 0) is 6.61 Å². The molecule has 22 heavy (non-hydrogen) atoms. The molecule has 3 rings (SSSR count). The van der Waals surface area contributed by atoms with Gasteiger partial charge in [-0.15, -0.1) is 10.2 Å². The zero-order valence-corrected chi connectivity index (χ0v) is 14.0. The molecule has 0 bridgehead atoms. The molecule has 0 fully saturated rings. The van der Waals surface area contributed by atoms with Crippen molar-refractivity contribution in [3.63, 3.8) is 0 Å². The fraction of sp³-hybridized carbons (Fsp3) is 0.214. The summed E-state index contributed by atoms with van der Waals surface area (Å²) < 4.78 is 10.8. The Morgan fingerprint density at radius 2 is 2.05 bits per heavy atom. The molecule has 0 radical (unpaired) electrons. The van der Waals surface area contributed by atoms with Crippen LogP contribution in [0.25, 0.3) is 11.0 Å². The average molecular weight is 357 g/mol. The highest BCUT2D eigenvalue weighted by molar-refractivity contribution is 7.11. The van der Waals surface area contributed by atoms with E-state index in [0.29, 0.717) is 27.3 Å². The second kappa shape index (κ2) is 5.87. The number of benzene rings is 1. The highest BCUT2D eigenvalue weighted by Gasteiger charge is 2.13. The maximum atomic E-state index is 11.6. The fourth-order valence-electron chi connectivity index (χ4n) is 1.97. The zero-order chi connectivity index (χ0) is 15.9. The van der Waals surface area contributed by atoms with Crippen LogP contribution in [0.5, 0.6) is 5.75 Å². The van der Waals surface area contributed by atoms with Crippen molar-refractivity contribution < 1.29 is 9.15 Å². The van der Waals surface area contributed by atoms with E-state index in [4.69, 9.17) is 32.4 Å². The van der Waals surface area contributed by atoms with Crippen LogP contribution in [0.15, 0.2) is 21.3 Å². The summed E-state index contributed by atoms with van der Waals surface area (Å²) in [6, 6.07) is 3.25. The SMILES string of the molecule is Cc1nnc(COc2cc3oc(=O)c(Cl)c(C)c3cc2Cl)s1. The van der Waals surface area contributed by atoms with Gasteiger partial charge in [-0.1, -0.05) is 34.5 Å². The molecule has 0 aliphatic heterocycles. The summed E-state index contributed by atoms with van der Waals surface area (Å²) in [4.78, 5) is 11.6. The van der Waals surface area contributed by atoms with E-state index in [1.54, 1.807) is 19.1 Å². The normalized spacial score (nSPS) is 11.1. The molecule has 0 N–H and O–H groups in total. The summed E-state index contributed by atoms with van der Waals surface area (Å²) in [5, 5.41) is 10.6. The van der Waals surface area contributed by atoms with Gasteiger partial charge in [0.1, 0.15) is 28.0 Å². The van der Waals surface area contributed by atoms with Gasteiger partial charge in [0.05, 0.1) is 5.02 Å². The number of ether oxygens (including phenoxy) is 1. The molecule has 0 unspecified atom stereocenters. The molecule has 0 aliphatic rings. The van der Waals surface area contributed by atoms with E-state index < -0.39 is 5.63 Å². The van der Waals surface area contributed by atoms with Crippen LogP contribution in [0.2, 0.25) is 10.0 Å². The van der Waals surface area contributed by atoms with Crippen molar-refractivity contribution in [1.82, 2.24) is 10.2 Å². The van der Waals surface area contributed by atoms with Gasteiger partial charge in [0.2, 0.25) is 0 Å². The minimum Gasteiger partial charge on any atom is -0.485 e. The van der Waals surface area contributed by atoms with E-state index in [-0.39, 0.29) is 11.6 Å². The van der Waals surface area contributed by atoms with Crippen LogP contribution >= 0.6 is 34.5 Å². The number of nitrogens with zero attached hydrogens (tertiary/aromatic N) is 2. The third-order valence-corrected chi connectivity index (χ3v) is 4.61. The molecule has 2 heterocycles. The predicted molar refractivity (Wildman–Crippen MR) is 86.2 cm³/mol. The van der Waals surface area contributed by atoms with Crippen molar-refractivity contribution >= 4 is 45.5 Å². The number of fused-ring (bicyclic) bond motifs is 1. The quantitative estimate of drug-likeness (QED) is 0.659. The monoisotopic (exact) mass is 356 g/mol. The number of aryl methyl sites for hydroxylation is 2.